The van der Waals surface area contributed by atoms with Gasteiger partial charge in [0.25, 0.3) is 0 Å². The molecule has 0 aliphatic heterocycles. The van der Waals surface area contributed by atoms with E-state index in [4.69, 9.17) is 5.11 Å². The summed E-state index contributed by atoms with van der Waals surface area (Å²) in [5, 5.41) is 8.39. The van der Waals surface area contributed by atoms with Crippen LogP contribution >= 0.6 is 0 Å². The fourth-order valence-electron chi connectivity index (χ4n) is 0.692. The molecule has 3 nitrogen and oxygen atoms in total. The molecular weight excluding hydrogens is 142 g/mol. The van der Waals surface area contributed by atoms with E-state index >= 15 is 0 Å². The van der Waals surface area contributed by atoms with E-state index in [1.54, 1.807) is 11.9 Å². The van der Waals surface area contributed by atoms with Gasteiger partial charge >= 0.3 is 5.97 Å². The van der Waals surface area contributed by atoms with Gasteiger partial charge in [-0.2, -0.15) is 0 Å². The standard InChI is InChI=1S/C8H15NO2/c1-7(2)4-5-9(3)6-8(10)11/h1,4-6H2,2-3H3,(H,10,11). The van der Waals surface area contributed by atoms with Crippen LogP contribution in [-0.4, -0.2) is 36.1 Å². The van der Waals surface area contributed by atoms with Crippen molar-refractivity contribution < 1.29 is 9.90 Å². The predicted molar refractivity (Wildman–Crippen MR) is 44.6 cm³/mol. The minimum Gasteiger partial charge on any atom is -0.480 e. The van der Waals surface area contributed by atoms with E-state index in [9.17, 15) is 4.79 Å². The SMILES string of the molecule is C=C(C)CCN(C)CC(=O)O. The molecule has 0 saturated carbocycles. The molecule has 0 amide bonds. The number of carbonyl (C=O) groups is 1. The molecule has 0 saturated heterocycles. The largest absolute Gasteiger partial charge is 0.480 e. The molecule has 0 atom stereocenters. The Morgan fingerprint density at radius 2 is 2.18 bits per heavy atom. The van der Waals surface area contributed by atoms with Crippen molar-refractivity contribution in [3.05, 3.63) is 12.2 Å². The van der Waals surface area contributed by atoms with E-state index in [1.165, 1.54) is 0 Å². The number of likely N-dealkylation sites (N-methyl/N-ethyl adjacent to an activating group) is 1. The monoisotopic (exact) mass is 157 g/mol. The lowest BCUT2D eigenvalue weighted by Gasteiger charge is -2.12. The summed E-state index contributed by atoms with van der Waals surface area (Å²) in [6, 6.07) is 0. The summed E-state index contributed by atoms with van der Waals surface area (Å²) < 4.78 is 0. The Morgan fingerprint density at radius 3 is 2.55 bits per heavy atom. The number of nitrogens with zero attached hydrogens (tertiary/aromatic N) is 1. The average Bonchev–Trinajstić information content (AvgIpc) is 1.82. The van der Waals surface area contributed by atoms with Gasteiger partial charge in [-0.1, -0.05) is 5.57 Å². The van der Waals surface area contributed by atoms with Crippen molar-refractivity contribution >= 4 is 5.97 Å². The van der Waals surface area contributed by atoms with Crippen LogP contribution in [0.1, 0.15) is 13.3 Å². The fraction of sp³-hybridized carbons (Fsp3) is 0.625. The van der Waals surface area contributed by atoms with Gasteiger partial charge in [0.2, 0.25) is 0 Å². The van der Waals surface area contributed by atoms with Crippen LogP contribution in [-0.2, 0) is 4.79 Å². The zero-order valence-corrected chi connectivity index (χ0v) is 7.13. The molecule has 0 aromatic carbocycles. The van der Waals surface area contributed by atoms with Crippen LogP contribution in [0.2, 0.25) is 0 Å². The van der Waals surface area contributed by atoms with E-state index < -0.39 is 5.97 Å². The highest BCUT2D eigenvalue weighted by Crippen LogP contribution is 1.96. The third-order valence-corrected chi connectivity index (χ3v) is 1.33. The summed E-state index contributed by atoms with van der Waals surface area (Å²) in [7, 11) is 1.79. The normalized spacial score (nSPS) is 10.1. The van der Waals surface area contributed by atoms with Crippen LogP contribution in [0.25, 0.3) is 0 Å². The molecule has 1 N–H and O–H groups in total. The fourth-order valence-corrected chi connectivity index (χ4v) is 0.692. The first kappa shape index (κ1) is 10.2. The third-order valence-electron chi connectivity index (χ3n) is 1.33. The second-order valence-corrected chi connectivity index (χ2v) is 2.84. The quantitative estimate of drug-likeness (QED) is 0.604. The van der Waals surface area contributed by atoms with Crippen LogP contribution in [0.5, 0.6) is 0 Å². The number of hydrogen-bond acceptors (Lipinski definition) is 2. The first-order chi connectivity index (χ1) is 5.02. The van der Waals surface area contributed by atoms with E-state index in [-0.39, 0.29) is 6.54 Å². The lowest BCUT2D eigenvalue weighted by atomic mass is 10.2. The summed E-state index contributed by atoms with van der Waals surface area (Å²) in [4.78, 5) is 12.0. The molecular formula is C8H15NO2. The maximum atomic E-state index is 10.2. The molecule has 0 aliphatic rings. The molecule has 0 aromatic heterocycles. The van der Waals surface area contributed by atoms with Gasteiger partial charge in [-0.15, -0.1) is 6.58 Å². The molecule has 11 heavy (non-hydrogen) atoms. The average molecular weight is 157 g/mol. The Morgan fingerprint density at radius 1 is 1.64 bits per heavy atom. The highest BCUT2D eigenvalue weighted by Gasteiger charge is 2.02. The van der Waals surface area contributed by atoms with Crippen molar-refractivity contribution in [2.45, 2.75) is 13.3 Å². The van der Waals surface area contributed by atoms with Crippen LogP contribution < -0.4 is 0 Å². The zero-order chi connectivity index (χ0) is 8.85. The molecule has 0 heterocycles. The Balaban J connectivity index is 3.44. The molecule has 0 rings (SSSR count). The zero-order valence-electron chi connectivity index (χ0n) is 7.13. The lowest BCUT2D eigenvalue weighted by Crippen LogP contribution is -2.26. The first-order valence-electron chi connectivity index (χ1n) is 3.57. The second-order valence-electron chi connectivity index (χ2n) is 2.84. The molecule has 0 bridgehead atoms. The maximum absolute atomic E-state index is 10.2. The van der Waals surface area contributed by atoms with Gasteiger partial charge < -0.3 is 5.11 Å². The van der Waals surface area contributed by atoms with Gasteiger partial charge in [-0.3, -0.25) is 9.69 Å². The molecule has 0 spiro atoms. The van der Waals surface area contributed by atoms with E-state index in [0.717, 1.165) is 18.5 Å². The van der Waals surface area contributed by atoms with Crippen LogP contribution in [0, 0.1) is 0 Å². The minimum absolute atomic E-state index is 0.104. The summed E-state index contributed by atoms with van der Waals surface area (Å²) in [6.45, 7) is 6.54. The topological polar surface area (TPSA) is 40.5 Å². The van der Waals surface area contributed by atoms with Gasteiger partial charge in [0.15, 0.2) is 0 Å². The van der Waals surface area contributed by atoms with Gasteiger partial charge in [0.05, 0.1) is 6.54 Å². The van der Waals surface area contributed by atoms with Crippen LogP contribution in [0.15, 0.2) is 12.2 Å². The smallest absolute Gasteiger partial charge is 0.317 e. The van der Waals surface area contributed by atoms with Gasteiger partial charge in [0.1, 0.15) is 0 Å². The van der Waals surface area contributed by atoms with Gasteiger partial charge in [0, 0.05) is 6.54 Å². The Labute approximate surface area is 67.3 Å². The molecule has 0 aliphatic carbocycles. The summed E-state index contributed by atoms with van der Waals surface area (Å²) in [6.07, 6.45) is 0.865. The van der Waals surface area contributed by atoms with Crippen LogP contribution in [0.3, 0.4) is 0 Å². The molecule has 0 fully saturated rings. The van der Waals surface area contributed by atoms with E-state index in [1.807, 2.05) is 6.92 Å². The van der Waals surface area contributed by atoms with Gasteiger partial charge in [-0.05, 0) is 20.4 Å². The van der Waals surface area contributed by atoms with Gasteiger partial charge in [-0.25, -0.2) is 0 Å². The maximum Gasteiger partial charge on any atom is 0.317 e. The molecule has 0 radical (unpaired) electrons. The van der Waals surface area contributed by atoms with Crippen molar-refractivity contribution in [1.29, 1.82) is 0 Å². The number of carboxylic acids is 1. The third kappa shape index (κ3) is 7.06. The molecule has 3 heteroatoms. The second kappa shape index (κ2) is 4.91. The lowest BCUT2D eigenvalue weighted by molar-refractivity contribution is -0.137. The summed E-state index contributed by atoms with van der Waals surface area (Å²) in [5.74, 6) is -0.783. The predicted octanol–water partition coefficient (Wildman–Crippen LogP) is 0.969. The highest BCUT2D eigenvalue weighted by molar-refractivity contribution is 5.68. The Hall–Kier alpha value is -0.830. The van der Waals surface area contributed by atoms with Crippen molar-refractivity contribution in [2.24, 2.45) is 0 Å². The highest BCUT2D eigenvalue weighted by atomic mass is 16.4. The molecule has 64 valence electrons. The molecule has 0 unspecified atom stereocenters. The number of carboxylic acid groups (broad SMARTS) is 1. The minimum atomic E-state index is -0.783. The van der Waals surface area contributed by atoms with Crippen molar-refractivity contribution in [3.8, 4) is 0 Å². The van der Waals surface area contributed by atoms with E-state index in [0.29, 0.717) is 0 Å². The number of aliphatic carboxylic acids is 1. The summed E-state index contributed by atoms with van der Waals surface area (Å²) in [5.41, 5.74) is 1.09. The van der Waals surface area contributed by atoms with E-state index in [2.05, 4.69) is 6.58 Å². The Bertz CT molecular complexity index is 154. The first-order valence-corrected chi connectivity index (χ1v) is 3.57. The number of hydrogen-bond donors (Lipinski definition) is 1. The Kier molecular flexibility index (Phi) is 4.54. The van der Waals surface area contributed by atoms with Crippen molar-refractivity contribution in [2.75, 3.05) is 20.1 Å². The molecule has 0 aromatic rings. The van der Waals surface area contributed by atoms with Crippen LogP contribution in [0.4, 0.5) is 0 Å². The van der Waals surface area contributed by atoms with Crippen molar-refractivity contribution in [3.63, 3.8) is 0 Å². The van der Waals surface area contributed by atoms with Crippen molar-refractivity contribution in [1.82, 2.24) is 4.90 Å². The summed E-state index contributed by atoms with van der Waals surface area (Å²) >= 11 is 0. The number of rotatable bonds is 5.